The van der Waals surface area contributed by atoms with Crippen molar-refractivity contribution in [3.8, 4) is 0 Å². The fourth-order valence-electron chi connectivity index (χ4n) is 0.484. The Morgan fingerprint density at radius 2 is 1.62 bits per heavy atom. The van der Waals surface area contributed by atoms with E-state index in [9.17, 15) is 9.59 Å². The highest BCUT2D eigenvalue weighted by atomic mass is 35.5. The van der Waals surface area contributed by atoms with Crippen molar-refractivity contribution in [1.29, 1.82) is 0 Å². The van der Waals surface area contributed by atoms with Crippen molar-refractivity contribution in [2.45, 2.75) is 6.92 Å². The van der Waals surface area contributed by atoms with Crippen LogP contribution in [0.25, 0.3) is 0 Å². The molecule has 13 heavy (non-hydrogen) atoms. The van der Waals surface area contributed by atoms with Crippen LogP contribution in [-0.2, 0) is 9.59 Å². The zero-order valence-corrected chi connectivity index (χ0v) is 8.06. The summed E-state index contributed by atoms with van der Waals surface area (Å²) in [6.07, 6.45) is 0.973. The van der Waals surface area contributed by atoms with E-state index in [0.29, 0.717) is 0 Å². The van der Waals surface area contributed by atoms with Crippen LogP contribution < -0.4 is 0 Å². The predicted octanol–water partition coefficient (Wildman–Crippen LogP) is 1.79. The highest BCUT2D eigenvalue weighted by molar-refractivity contribution is 6.43. The van der Waals surface area contributed by atoms with Crippen LogP contribution in [0.1, 0.15) is 6.92 Å². The van der Waals surface area contributed by atoms with E-state index < -0.39 is 22.0 Å². The maximum absolute atomic E-state index is 10.3. The van der Waals surface area contributed by atoms with E-state index in [1.54, 1.807) is 0 Å². The monoisotopic (exact) mass is 224 g/mol. The number of halogens is 2. The molecule has 0 atom stereocenters. The first-order chi connectivity index (χ1) is 5.86. The Balaban J connectivity index is 4.92. The fourth-order valence-corrected chi connectivity index (χ4v) is 0.702. The SMILES string of the molecule is CC(/C=C(/Cl)C(=O)O)=C(\Cl)C(=O)O. The minimum absolute atomic E-state index is 0.0848. The third-order valence-corrected chi connectivity index (χ3v) is 1.81. The van der Waals surface area contributed by atoms with Gasteiger partial charge in [-0.05, 0) is 18.6 Å². The first-order valence-electron chi connectivity index (χ1n) is 3.06. The molecule has 0 aliphatic heterocycles. The second-order valence-corrected chi connectivity index (χ2v) is 2.88. The molecule has 0 aromatic heterocycles. The molecule has 0 unspecified atom stereocenters. The lowest BCUT2D eigenvalue weighted by atomic mass is 10.2. The molecule has 0 aromatic rings. The standard InChI is InChI=1S/C7H6Cl2O4/c1-3(5(9)7(12)13)2-4(8)6(10)11/h2H,1H3,(H,10,11)(H,12,13)/b4-2+,5-3+. The van der Waals surface area contributed by atoms with Gasteiger partial charge in [-0.15, -0.1) is 0 Å². The molecule has 0 saturated heterocycles. The summed E-state index contributed by atoms with van der Waals surface area (Å²) < 4.78 is 0. The number of aliphatic carboxylic acids is 2. The molecular formula is C7H6Cl2O4. The van der Waals surface area contributed by atoms with Crippen LogP contribution in [-0.4, -0.2) is 22.2 Å². The molecule has 0 bridgehead atoms. The van der Waals surface area contributed by atoms with Crippen molar-refractivity contribution in [2.24, 2.45) is 0 Å². The smallest absolute Gasteiger partial charge is 0.347 e. The molecule has 0 radical (unpaired) electrons. The molecule has 0 rings (SSSR count). The highest BCUT2D eigenvalue weighted by Crippen LogP contribution is 2.14. The Bertz CT molecular complexity index is 304. The van der Waals surface area contributed by atoms with E-state index >= 15 is 0 Å². The molecule has 0 spiro atoms. The fraction of sp³-hybridized carbons (Fsp3) is 0.143. The van der Waals surface area contributed by atoms with Crippen molar-refractivity contribution in [2.75, 3.05) is 0 Å². The van der Waals surface area contributed by atoms with Gasteiger partial charge < -0.3 is 10.2 Å². The van der Waals surface area contributed by atoms with Crippen molar-refractivity contribution in [1.82, 2.24) is 0 Å². The summed E-state index contributed by atoms with van der Waals surface area (Å²) >= 11 is 10.5. The molecule has 0 aromatic carbocycles. The van der Waals surface area contributed by atoms with Gasteiger partial charge in [0.2, 0.25) is 0 Å². The second kappa shape index (κ2) is 4.89. The summed E-state index contributed by atoms with van der Waals surface area (Å²) in [6.45, 7) is 1.35. The van der Waals surface area contributed by atoms with Gasteiger partial charge in [0.05, 0.1) is 0 Å². The van der Waals surface area contributed by atoms with Gasteiger partial charge in [0.25, 0.3) is 0 Å². The molecular weight excluding hydrogens is 219 g/mol. The summed E-state index contributed by atoms with van der Waals surface area (Å²) in [6, 6.07) is 0. The molecule has 0 aliphatic carbocycles. The van der Waals surface area contributed by atoms with E-state index in [0.717, 1.165) is 6.08 Å². The quantitative estimate of drug-likeness (QED) is 0.567. The van der Waals surface area contributed by atoms with Crippen LogP contribution in [0.2, 0.25) is 0 Å². The largest absolute Gasteiger partial charge is 0.477 e. The topological polar surface area (TPSA) is 74.6 Å². The Morgan fingerprint density at radius 3 is 1.92 bits per heavy atom. The number of hydrogen-bond donors (Lipinski definition) is 2. The number of allylic oxidation sites excluding steroid dienone is 2. The Hall–Kier alpha value is -1.00. The minimum atomic E-state index is -1.34. The lowest BCUT2D eigenvalue weighted by molar-refractivity contribution is -0.133. The van der Waals surface area contributed by atoms with Gasteiger partial charge in [-0.3, -0.25) is 0 Å². The van der Waals surface area contributed by atoms with Crippen LogP contribution in [0.4, 0.5) is 0 Å². The third-order valence-electron chi connectivity index (χ3n) is 1.08. The van der Waals surface area contributed by atoms with E-state index in [1.165, 1.54) is 6.92 Å². The molecule has 0 fully saturated rings. The van der Waals surface area contributed by atoms with Crippen LogP contribution in [0.15, 0.2) is 21.7 Å². The van der Waals surface area contributed by atoms with Gasteiger partial charge in [-0.25, -0.2) is 9.59 Å². The first-order valence-corrected chi connectivity index (χ1v) is 3.82. The Kier molecular flexibility index (Phi) is 4.51. The summed E-state index contributed by atoms with van der Waals surface area (Å²) in [5, 5.41) is 15.8. The predicted molar refractivity (Wildman–Crippen MR) is 47.8 cm³/mol. The molecule has 72 valence electrons. The van der Waals surface area contributed by atoms with E-state index in [2.05, 4.69) is 0 Å². The molecule has 6 heteroatoms. The number of rotatable bonds is 3. The minimum Gasteiger partial charge on any atom is -0.477 e. The normalized spacial score (nSPS) is 13.6. The average Bonchev–Trinajstić information content (AvgIpc) is 2.02. The lowest BCUT2D eigenvalue weighted by Gasteiger charge is -1.95. The van der Waals surface area contributed by atoms with Gasteiger partial charge in [-0.1, -0.05) is 23.2 Å². The molecule has 0 saturated carbocycles. The van der Waals surface area contributed by atoms with E-state index in [1.807, 2.05) is 0 Å². The molecule has 4 nitrogen and oxygen atoms in total. The second-order valence-electron chi connectivity index (χ2n) is 2.10. The highest BCUT2D eigenvalue weighted by Gasteiger charge is 2.08. The maximum Gasteiger partial charge on any atom is 0.347 e. The Morgan fingerprint density at radius 1 is 1.15 bits per heavy atom. The van der Waals surface area contributed by atoms with Gasteiger partial charge in [0.15, 0.2) is 0 Å². The lowest BCUT2D eigenvalue weighted by Crippen LogP contribution is -1.98. The van der Waals surface area contributed by atoms with Gasteiger partial charge in [-0.2, -0.15) is 0 Å². The van der Waals surface area contributed by atoms with Crippen LogP contribution in [0.3, 0.4) is 0 Å². The van der Waals surface area contributed by atoms with Crippen LogP contribution >= 0.6 is 23.2 Å². The van der Waals surface area contributed by atoms with Gasteiger partial charge in [0.1, 0.15) is 10.1 Å². The number of hydrogen-bond acceptors (Lipinski definition) is 2. The molecule has 0 heterocycles. The van der Waals surface area contributed by atoms with Crippen LogP contribution in [0, 0.1) is 0 Å². The molecule has 2 N–H and O–H groups in total. The molecule has 0 aliphatic rings. The first kappa shape index (κ1) is 12.0. The van der Waals surface area contributed by atoms with E-state index in [4.69, 9.17) is 33.4 Å². The Labute approximate surface area is 84.1 Å². The number of carbonyl (C=O) groups is 2. The van der Waals surface area contributed by atoms with Crippen molar-refractivity contribution < 1.29 is 19.8 Å². The summed E-state index contributed by atoms with van der Waals surface area (Å²) in [4.78, 5) is 20.5. The van der Waals surface area contributed by atoms with Crippen molar-refractivity contribution in [3.63, 3.8) is 0 Å². The zero-order chi connectivity index (χ0) is 10.6. The van der Waals surface area contributed by atoms with Crippen molar-refractivity contribution >= 4 is 35.1 Å². The van der Waals surface area contributed by atoms with Crippen LogP contribution in [0.5, 0.6) is 0 Å². The zero-order valence-electron chi connectivity index (χ0n) is 6.54. The third kappa shape index (κ3) is 3.96. The van der Waals surface area contributed by atoms with Crippen molar-refractivity contribution in [3.05, 3.63) is 21.7 Å². The number of carboxylic acid groups (broad SMARTS) is 2. The van der Waals surface area contributed by atoms with E-state index in [-0.39, 0.29) is 5.57 Å². The number of carboxylic acids is 2. The summed E-state index contributed by atoms with van der Waals surface area (Å²) in [5.74, 6) is -2.67. The average molecular weight is 225 g/mol. The van der Waals surface area contributed by atoms with Gasteiger partial charge in [0, 0.05) is 0 Å². The van der Waals surface area contributed by atoms with Gasteiger partial charge >= 0.3 is 11.9 Å². The maximum atomic E-state index is 10.3. The summed E-state index contributed by atoms with van der Waals surface area (Å²) in [7, 11) is 0. The molecule has 0 amide bonds. The summed E-state index contributed by atoms with van der Waals surface area (Å²) in [5.41, 5.74) is 0.0848.